The molecule has 0 aliphatic rings. The predicted octanol–water partition coefficient (Wildman–Crippen LogP) is 2.65. The Labute approximate surface area is 133 Å². The number of imidazole rings is 1. The van der Waals surface area contributed by atoms with Crippen molar-refractivity contribution >= 4 is 9.42 Å². The molecular weight excluding hydrogens is 453 g/mol. The van der Waals surface area contributed by atoms with Gasteiger partial charge >= 0.3 is 28.2 Å². The van der Waals surface area contributed by atoms with Gasteiger partial charge in [-0.15, -0.1) is 35.9 Å². The van der Waals surface area contributed by atoms with E-state index in [1.54, 1.807) is 18.8 Å². The second-order valence-corrected chi connectivity index (χ2v) is 4.04. The molecule has 3 aromatic rings. The van der Waals surface area contributed by atoms with Crippen molar-refractivity contribution in [2.75, 3.05) is 0 Å². The van der Waals surface area contributed by atoms with E-state index < -0.39 is 0 Å². The van der Waals surface area contributed by atoms with Gasteiger partial charge in [-0.25, -0.2) is 0 Å². The molecule has 0 bridgehead atoms. The van der Waals surface area contributed by atoms with Crippen LogP contribution in [-0.4, -0.2) is 9.55 Å². The molecule has 105 valence electrons. The van der Waals surface area contributed by atoms with Gasteiger partial charge in [0.1, 0.15) is 5.82 Å². The van der Waals surface area contributed by atoms with Gasteiger partial charge < -0.3 is 14.1 Å². The number of rotatable bonds is 2. The van der Waals surface area contributed by atoms with Gasteiger partial charge in [-0.2, -0.15) is 0 Å². The monoisotopic (exact) mass is 464 g/mol. The van der Waals surface area contributed by atoms with Gasteiger partial charge in [0.2, 0.25) is 6.33 Å². The van der Waals surface area contributed by atoms with Crippen molar-refractivity contribution in [3.05, 3.63) is 67.3 Å². The molecule has 0 aliphatic carbocycles. The van der Waals surface area contributed by atoms with Crippen molar-refractivity contribution in [1.82, 2.24) is 9.55 Å². The molecule has 0 saturated heterocycles. The number of pyridine rings is 1. The average molecular weight is 465 g/mol. The van der Waals surface area contributed by atoms with E-state index in [0.717, 1.165) is 17.1 Å². The fourth-order valence-electron chi connectivity index (χ4n) is 1.79. The number of aryl methyl sites for hydroxylation is 1. The summed E-state index contributed by atoms with van der Waals surface area (Å²) < 4.78 is 3.73. The molecule has 3 nitrogen and oxygen atoms in total. The van der Waals surface area contributed by atoms with Crippen LogP contribution in [0.5, 0.6) is 0 Å². The molecule has 3 rings (SSSR count). The van der Waals surface area contributed by atoms with E-state index in [1.165, 1.54) is 0 Å². The van der Waals surface area contributed by atoms with Gasteiger partial charge in [0.25, 0.3) is 0 Å². The number of halogens is 1. The third-order valence-corrected chi connectivity index (χ3v) is 2.67. The summed E-state index contributed by atoms with van der Waals surface area (Å²) >= 11 is 1.61. The van der Waals surface area contributed by atoms with E-state index in [9.17, 15) is 0 Å². The molecule has 0 fully saturated rings. The van der Waals surface area contributed by atoms with Crippen LogP contribution in [-0.2, 0) is 25.8 Å². The van der Waals surface area contributed by atoms with E-state index in [0.29, 0.717) is 0 Å². The van der Waals surface area contributed by atoms with E-state index >= 15 is 0 Å². The van der Waals surface area contributed by atoms with Gasteiger partial charge in [-0.3, -0.25) is 0 Å². The number of benzene rings is 1. The summed E-state index contributed by atoms with van der Waals surface area (Å²) in [6.07, 6.45) is 7.00. The Kier molecular flexibility index (Phi) is 5.51. The molecule has 0 aliphatic heterocycles. The van der Waals surface area contributed by atoms with Crippen LogP contribution < -0.4 is 4.57 Å². The first-order valence-corrected chi connectivity index (χ1v) is 8.67. The molecular formula is C15H12ClN3Pt-. The Morgan fingerprint density at radius 3 is 2.70 bits per heavy atom. The molecule has 0 atom stereocenters. The van der Waals surface area contributed by atoms with Crippen LogP contribution in [0.25, 0.3) is 17.1 Å². The first-order chi connectivity index (χ1) is 9.83. The number of hydrogen-bond acceptors (Lipinski definition) is 1. The Morgan fingerprint density at radius 1 is 1.20 bits per heavy atom. The van der Waals surface area contributed by atoms with Crippen molar-refractivity contribution in [2.45, 2.75) is 0 Å². The molecule has 0 N–H and O–H groups in total. The van der Waals surface area contributed by atoms with Crippen LogP contribution in [0.4, 0.5) is 0 Å². The summed E-state index contributed by atoms with van der Waals surface area (Å²) in [6, 6.07) is 17.0. The third-order valence-electron chi connectivity index (χ3n) is 2.67. The zero-order valence-electron chi connectivity index (χ0n) is 10.7. The molecule has 1 aromatic carbocycles. The van der Waals surface area contributed by atoms with Gasteiger partial charge in [0.15, 0.2) is 0 Å². The first-order valence-electron chi connectivity index (χ1n) is 5.86. The average Bonchev–Trinajstić information content (AvgIpc) is 2.97. The minimum absolute atomic E-state index is 0.852. The second-order valence-electron chi connectivity index (χ2n) is 4.04. The zero-order valence-corrected chi connectivity index (χ0v) is 13.8. The predicted molar refractivity (Wildman–Crippen MR) is 73.7 cm³/mol. The summed E-state index contributed by atoms with van der Waals surface area (Å²) in [6.45, 7) is 0. The van der Waals surface area contributed by atoms with Crippen molar-refractivity contribution < 1.29 is 23.3 Å². The number of hydrogen-bond donors (Lipinski definition) is 0. The first kappa shape index (κ1) is 15.0. The minimum atomic E-state index is 0.852. The van der Waals surface area contributed by atoms with Crippen LogP contribution >= 0.6 is 9.42 Å². The molecule has 0 radical (unpaired) electrons. The van der Waals surface area contributed by atoms with Crippen LogP contribution in [0.1, 0.15) is 0 Å². The van der Waals surface area contributed by atoms with E-state index in [4.69, 9.17) is 0 Å². The molecule has 2 heterocycles. The third kappa shape index (κ3) is 3.56. The summed E-state index contributed by atoms with van der Waals surface area (Å²) in [7, 11) is 6.55. The molecule has 0 amide bonds. The fourth-order valence-corrected chi connectivity index (χ4v) is 1.79. The normalized spacial score (nSPS) is 9.80. The van der Waals surface area contributed by atoms with Crippen molar-refractivity contribution in [2.24, 2.45) is 7.05 Å². The summed E-state index contributed by atoms with van der Waals surface area (Å²) in [5.41, 5.74) is 1.91. The summed E-state index contributed by atoms with van der Waals surface area (Å²) in [5, 5.41) is 0. The maximum absolute atomic E-state index is 4.61. The van der Waals surface area contributed by atoms with Crippen LogP contribution in [0.2, 0.25) is 0 Å². The Hall–Kier alpha value is -1.44. The Bertz CT molecular complexity index is 668. The van der Waals surface area contributed by atoms with Gasteiger partial charge in [-0.1, -0.05) is 12.1 Å². The molecule has 5 heteroatoms. The Balaban J connectivity index is 0.000000704. The number of aromatic nitrogens is 3. The van der Waals surface area contributed by atoms with E-state index in [1.807, 2.05) is 71.0 Å². The fraction of sp³-hybridized carbons (Fsp3) is 0.0667. The standard InChI is InChI=1S/C15H12N3.ClH.Pt/c1-17-10-11-18(12-17)15-9-5-8-14(16-15)13-6-3-2-4-7-13;;/h2-6,8-11H,1H3;1H;/q-1;;+1/p-1. The van der Waals surface area contributed by atoms with Crippen molar-refractivity contribution in [3.63, 3.8) is 0 Å². The molecule has 0 saturated carbocycles. The second kappa shape index (κ2) is 7.37. The van der Waals surface area contributed by atoms with E-state index in [2.05, 4.69) is 26.8 Å². The Morgan fingerprint density at radius 2 is 2.05 bits per heavy atom. The molecule has 0 spiro atoms. The number of nitrogens with zero attached hydrogens (tertiary/aromatic N) is 3. The summed E-state index contributed by atoms with van der Waals surface area (Å²) in [4.78, 5) is 4.61. The molecule has 0 unspecified atom stereocenters. The van der Waals surface area contributed by atoms with Crippen molar-refractivity contribution in [3.8, 4) is 17.1 Å². The zero-order chi connectivity index (χ0) is 14.4. The van der Waals surface area contributed by atoms with Crippen molar-refractivity contribution in [1.29, 1.82) is 0 Å². The van der Waals surface area contributed by atoms with Crippen LogP contribution in [0, 0.1) is 12.4 Å². The van der Waals surface area contributed by atoms with E-state index in [-0.39, 0.29) is 0 Å². The topological polar surface area (TPSA) is 21.7 Å². The van der Waals surface area contributed by atoms with Gasteiger partial charge in [-0.05, 0) is 11.8 Å². The molecule has 2 aromatic heterocycles. The SMILES string of the molecule is C[n+]1[c-]n(-c2cccc(-c3[c-]cccc3)n2)cc1.[Cl][Pt]. The maximum atomic E-state index is 4.61. The molecule has 20 heavy (non-hydrogen) atoms. The van der Waals surface area contributed by atoms with Gasteiger partial charge in [0.05, 0.1) is 7.05 Å². The quantitative estimate of drug-likeness (QED) is 0.422. The van der Waals surface area contributed by atoms with Crippen LogP contribution in [0.15, 0.2) is 54.9 Å². The van der Waals surface area contributed by atoms with Crippen LogP contribution in [0.3, 0.4) is 0 Å². The van der Waals surface area contributed by atoms with Gasteiger partial charge in [0, 0.05) is 12.4 Å². The summed E-state index contributed by atoms with van der Waals surface area (Å²) in [5.74, 6) is 0.852.